The monoisotopic (exact) mass is 197 g/mol. The van der Waals surface area contributed by atoms with Crippen molar-refractivity contribution in [2.45, 2.75) is 44.8 Å². The van der Waals surface area contributed by atoms with Crippen LogP contribution in [0.4, 0.5) is 0 Å². The van der Waals surface area contributed by atoms with Crippen molar-refractivity contribution in [3.63, 3.8) is 0 Å². The Kier molecular flexibility index (Phi) is 3.12. The van der Waals surface area contributed by atoms with Gasteiger partial charge < -0.3 is 9.84 Å². The zero-order valence-electron chi connectivity index (χ0n) is 8.49. The van der Waals surface area contributed by atoms with Gasteiger partial charge in [-0.05, 0) is 33.1 Å². The number of nitrogens with zero attached hydrogens (tertiary/aromatic N) is 1. The molecule has 4 heteroatoms. The normalized spacial score (nSPS) is 31.5. The lowest BCUT2D eigenvalue weighted by molar-refractivity contribution is -0.157. The van der Waals surface area contributed by atoms with Gasteiger partial charge in [-0.1, -0.05) is 0 Å². The third-order valence-corrected chi connectivity index (χ3v) is 2.46. The van der Waals surface area contributed by atoms with Crippen molar-refractivity contribution >= 4 is 5.97 Å². The number of carbonyl (C=O) groups is 1. The number of nitriles is 1. The van der Waals surface area contributed by atoms with Crippen molar-refractivity contribution in [2.75, 3.05) is 0 Å². The standard InChI is InChI=1S/C10H15NO3/c1-7(2)14-9(12)8-4-3-5-10(8,13)6-11/h7-8,13H,3-5H2,1-2H3/t8-,10+/m0/s1. The summed E-state index contributed by atoms with van der Waals surface area (Å²) in [6.45, 7) is 3.50. The summed E-state index contributed by atoms with van der Waals surface area (Å²) in [7, 11) is 0. The van der Waals surface area contributed by atoms with Crippen LogP contribution in [0.3, 0.4) is 0 Å². The summed E-state index contributed by atoms with van der Waals surface area (Å²) in [5.74, 6) is -1.13. The van der Waals surface area contributed by atoms with E-state index in [4.69, 9.17) is 10.00 Å². The van der Waals surface area contributed by atoms with Crippen LogP contribution in [0.1, 0.15) is 33.1 Å². The highest BCUT2D eigenvalue weighted by molar-refractivity contribution is 5.75. The number of aliphatic hydroxyl groups is 1. The Hall–Kier alpha value is -1.08. The number of hydrogen-bond donors (Lipinski definition) is 1. The number of ether oxygens (including phenoxy) is 1. The van der Waals surface area contributed by atoms with E-state index < -0.39 is 17.5 Å². The first-order valence-electron chi connectivity index (χ1n) is 4.84. The average molecular weight is 197 g/mol. The molecule has 4 nitrogen and oxygen atoms in total. The fraction of sp³-hybridized carbons (Fsp3) is 0.800. The maximum absolute atomic E-state index is 11.5. The van der Waals surface area contributed by atoms with E-state index in [1.807, 2.05) is 0 Å². The summed E-state index contributed by atoms with van der Waals surface area (Å²) < 4.78 is 4.98. The molecular weight excluding hydrogens is 182 g/mol. The Morgan fingerprint density at radius 3 is 2.86 bits per heavy atom. The van der Waals surface area contributed by atoms with Gasteiger partial charge in [-0.3, -0.25) is 4.79 Å². The van der Waals surface area contributed by atoms with Crippen LogP contribution in [-0.4, -0.2) is 22.8 Å². The molecule has 0 unspecified atom stereocenters. The number of rotatable bonds is 2. The van der Waals surface area contributed by atoms with Crippen molar-refractivity contribution in [1.29, 1.82) is 5.26 Å². The van der Waals surface area contributed by atoms with Gasteiger partial charge in [-0.25, -0.2) is 0 Å². The summed E-state index contributed by atoms with van der Waals surface area (Å²) in [5.41, 5.74) is -1.51. The van der Waals surface area contributed by atoms with Gasteiger partial charge >= 0.3 is 5.97 Å². The summed E-state index contributed by atoms with van der Waals surface area (Å²) in [6, 6.07) is 1.80. The molecule has 1 aliphatic carbocycles. The molecule has 1 saturated carbocycles. The minimum absolute atomic E-state index is 0.203. The molecule has 0 amide bonds. The number of carbonyl (C=O) groups excluding carboxylic acids is 1. The first-order valence-corrected chi connectivity index (χ1v) is 4.84. The largest absolute Gasteiger partial charge is 0.463 e. The Bertz CT molecular complexity index is 269. The molecular formula is C10H15NO3. The van der Waals surface area contributed by atoms with Crippen LogP contribution < -0.4 is 0 Å². The van der Waals surface area contributed by atoms with E-state index in [9.17, 15) is 9.90 Å². The minimum Gasteiger partial charge on any atom is -0.463 e. The van der Waals surface area contributed by atoms with Gasteiger partial charge in [0.15, 0.2) is 5.60 Å². The van der Waals surface area contributed by atoms with E-state index in [0.717, 1.165) is 0 Å². The van der Waals surface area contributed by atoms with Crippen LogP contribution >= 0.6 is 0 Å². The Balaban J connectivity index is 2.69. The molecule has 1 N–H and O–H groups in total. The van der Waals surface area contributed by atoms with Crippen LogP contribution in [0, 0.1) is 17.2 Å². The first kappa shape index (κ1) is 11.0. The fourth-order valence-electron chi connectivity index (χ4n) is 1.75. The van der Waals surface area contributed by atoms with Gasteiger partial charge in [0.2, 0.25) is 0 Å². The van der Waals surface area contributed by atoms with Crippen LogP contribution in [0.15, 0.2) is 0 Å². The van der Waals surface area contributed by atoms with E-state index in [0.29, 0.717) is 19.3 Å². The van der Waals surface area contributed by atoms with E-state index >= 15 is 0 Å². The lowest BCUT2D eigenvalue weighted by Gasteiger charge is -2.21. The molecule has 0 radical (unpaired) electrons. The predicted octanol–water partition coefficient (Wildman–Crippen LogP) is 0.993. The average Bonchev–Trinajstić information content (AvgIpc) is 2.47. The molecule has 0 aromatic carbocycles. The molecule has 2 atom stereocenters. The zero-order valence-corrected chi connectivity index (χ0v) is 8.49. The summed E-state index contributed by atoms with van der Waals surface area (Å²) in [5, 5.41) is 18.6. The summed E-state index contributed by atoms with van der Waals surface area (Å²) in [4.78, 5) is 11.5. The molecule has 14 heavy (non-hydrogen) atoms. The topological polar surface area (TPSA) is 70.3 Å². The molecule has 0 spiro atoms. The molecule has 78 valence electrons. The summed E-state index contributed by atoms with van der Waals surface area (Å²) >= 11 is 0. The Labute approximate surface area is 83.5 Å². The van der Waals surface area contributed by atoms with Crippen molar-refractivity contribution < 1.29 is 14.6 Å². The van der Waals surface area contributed by atoms with Crippen molar-refractivity contribution in [1.82, 2.24) is 0 Å². The van der Waals surface area contributed by atoms with Crippen molar-refractivity contribution in [3.05, 3.63) is 0 Å². The predicted molar refractivity (Wildman–Crippen MR) is 49.1 cm³/mol. The fourth-order valence-corrected chi connectivity index (χ4v) is 1.75. The highest BCUT2D eigenvalue weighted by Crippen LogP contribution is 2.36. The number of hydrogen-bond acceptors (Lipinski definition) is 4. The van der Waals surface area contributed by atoms with Gasteiger partial charge in [-0.15, -0.1) is 0 Å². The first-order chi connectivity index (χ1) is 6.49. The third kappa shape index (κ3) is 2.05. The van der Waals surface area contributed by atoms with E-state index in [1.54, 1.807) is 19.9 Å². The van der Waals surface area contributed by atoms with Crippen molar-refractivity contribution in [2.24, 2.45) is 5.92 Å². The molecule has 1 fully saturated rings. The van der Waals surface area contributed by atoms with Crippen LogP contribution in [0.2, 0.25) is 0 Å². The maximum Gasteiger partial charge on any atom is 0.313 e. The highest BCUT2D eigenvalue weighted by Gasteiger charge is 2.46. The zero-order chi connectivity index (χ0) is 10.8. The van der Waals surface area contributed by atoms with Gasteiger partial charge in [-0.2, -0.15) is 5.26 Å². The number of esters is 1. The van der Waals surface area contributed by atoms with E-state index in [1.165, 1.54) is 0 Å². The molecule has 1 aliphatic rings. The lowest BCUT2D eigenvalue weighted by Crippen LogP contribution is -2.38. The van der Waals surface area contributed by atoms with E-state index in [-0.39, 0.29) is 6.10 Å². The minimum atomic E-state index is -1.51. The SMILES string of the molecule is CC(C)OC(=O)[C@@H]1CCC[C@@]1(O)C#N. The second kappa shape index (κ2) is 3.97. The van der Waals surface area contributed by atoms with Gasteiger partial charge in [0.1, 0.15) is 0 Å². The highest BCUT2D eigenvalue weighted by atomic mass is 16.5. The smallest absolute Gasteiger partial charge is 0.313 e. The van der Waals surface area contributed by atoms with Crippen LogP contribution in [0.5, 0.6) is 0 Å². The molecule has 1 rings (SSSR count). The third-order valence-electron chi connectivity index (χ3n) is 2.46. The Morgan fingerprint density at radius 2 is 2.36 bits per heavy atom. The van der Waals surface area contributed by atoms with Gasteiger partial charge in [0.25, 0.3) is 0 Å². The van der Waals surface area contributed by atoms with E-state index in [2.05, 4.69) is 0 Å². The molecule has 0 bridgehead atoms. The Morgan fingerprint density at radius 1 is 1.71 bits per heavy atom. The van der Waals surface area contributed by atoms with Gasteiger partial charge in [0.05, 0.1) is 18.1 Å². The second-order valence-corrected chi connectivity index (χ2v) is 3.97. The second-order valence-electron chi connectivity index (χ2n) is 3.97. The molecule has 0 saturated heterocycles. The molecule has 0 aromatic rings. The maximum atomic E-state index is 11.5. The van der Waals surface area contributed by atoms with Crippen LogP contribution in [-0.2, 0) is 9.53 Å². The molecule has 0 aromatic heterocycles. The molecule has 0 heterocycles. The quantitative estimate of drug-likeness (QED) is 0.529. The van der Waals surface area contributed by atoms with Crippen LogP contribution in [0.25, 0.3) is 0 Å². The van der Waals surface area contributed by atoms with Crippen molar-refractivity contribution in [3.8, 4) is 6.07 Å². The lowest BCUT2D eigenvalue weighted by atomic mass is 9.92. The van der Waals surface area contributed by atoms with Gasteiger partial charge in [0, 0.05) is 0 Å². The molecule has 0 aliphatic heterocycles. The summed E-state index contributed by atoms with van der Waals surface area (Å²) in [6.07, 6.45) is 1.39.